The molecule has 3 aromatic rings. The van der Waals surface area contributed by atoms with Crippen LogP contribution in [0, 0.1) is 6.92 Å². The van der Waals surface area contributed by atoms with Gasteiger partial charge in [-0.1, -0.05) is 53.5 Å². The predicted molar refractivity (Wildman–Crippen MR) is 112 cm³/mol. The molecule has 0 bridgehead atoms. The molecule has 0 fully saturated rings. The van der Waals surface area contributed by atoms with Crippen molar-refractivity contribution in [3.05, 3.63) is 80.2 Å². The van der Waals surface area contributed by atoms with Crippen molar-refractivity contribution in [2.75, 3.05) is 5.43 Å². The zero-order chi connectivity index (χ0) is 20.1. The average molecular weight is 417 g/mol. The Morgan fingerprint density at radius 2 is 1.86 bits per heavy atom. The summed E-state index contributed by atoms with van der Waals surface area (Å²) in [6.07, 6.45) is 0.405. The van der Waals surface area contributed by atoms with Gasteiger partial charge in [0.15, 0.2) is 0 Å². The molecule has 0 saturated carbocycles. The molecule has 0 aliphatic carbocycles. The van der Waals surface area contributed by atoms with Crippen LogP contribution in [0.15, 0.2) is 53.3 Å². The maximum Gasteiger partial charge on any atom is 0.254 e. The monoisotopic (exact) mass is 416 g/mol. The normalized spacial score (nSPS) is 10.5. The third-order valence-corrected chi connectivity index (χ3v) is 4.88. The van der Waals surface area contributed by atoms with E-state index < -0.39 is 0 Å². The fourth-order valence-electron chi connectivity index (χ4n) is 2.65. The summed E-state index contributed by atoms with van der Waals surface area (Å²) in [5.74, 6) is 0.245. The average Bonchev–Trinajstić information content (AvgIpc) is 2.69. The topological polar surface area (TPSA) is 86.9 Å². The highest BCUT2D eigenvalue weighted by Gasteiger charge is 2.11. The predicted octanol–water partition coefficient (Wildman–Crippen LogP) is 4.13. The van der Waals surface area contributed by atoms with Crippen molar-refractivity contribution >= 4 is 34.8 Å². The molecule has 0 saturated heterocycles. The molecule has 0 spiro atoms. The van der Waals surface area contributed by atoms with Gasteiger partial charge in [-0.15, -0.1) is 0 Å². The van der Waals surface area contributed by atoms with Crippen LogP contribution in [0.2, 0.25) is 10.0 Å². The summed E-state index contributed by atoms with van der Waals surface area (Å²) in [5, 5.41) is 0.812. The van der Waals surface area contributed by atoms with Crippen molar-refractivity contribution in [2.24, 2.45) is 0 Å². The molecule has 0 unspecified atom stereocenters. The standard InChI is InChI=1S/C20H18Cl2N4O2/c1-12-15(20(28)24-19(23-12)13-5-3-2-4-6-13)8-10-18(27)26-25-14-7-9-16(21)17(22)11-14/h2-7,9,11,25H,8,10H2,1H3,(H,26,27)(H,23,24,28). The Bertz CT molecular complexity index is 1050. The molecule has 2 aromatic carbocycles. The molecule has 8 heteroatoms. The molecule has 3 rings (SSSR count). The molecule has 28 heavy (non-hydrogen) atoms. The fourth-order valence-corrected chi connectivity index (χ4v) is 2.95. The van der Waals surface area contributed by atoms with Gasteiger partial charge in [0, 0.05) is 23.2 Å². The van der Waals surface area contributed by atoms with E-state index in [9.17, 15) is 9.59 Å². The molecule has 3 N–H and O–H groups in total. The number of aromatic nitrogens is 2. The van der Waals surface area contributed by atoms with Crippen LogP contribution in [-0.4, -0.2) is 15.9 Å². The van der Waals surface area contributed by atoms with Gasteiger partial charge in [0.05, 0.1) is 15.7 Å². The number of nitrogens with one attached hydrogen (secondary N) is 3. The Labute approximate surface area is 171 Å². The number of nitrogens with zero attached hydrogens (tertiary/aromatic N) is 1. The number of anilines is 1. The molecule has 0 atom stereocenters. The lowest BCUT2D eigenvalue weighted by molar-refractivity contribution is -0.120. The van der Waals surface area contributed by atoms with Crippen LogP contribution in [0.4, 0.5) is 5.69 Å². The summed E-state index contributed by atoms with van der Waals surface area (Å²) in [6.45, 7) is 1.77. The summed E-state index contributed by atoms with van der Waals surface area (Å²) in [6, 6.07) is 14.3. The molecular formula is C20H18Cl2N4O2. The first-order valence-electron chi connectivity index (χ1n) is 8.59. The number of amides is 1. The van der Waals surface area contributed by atoms with E-state index in [1.807, 2.05) is 30.3 Å². The molecule has 144 valence electrons. The summed E-state index contributed by atoms with van der Waals surface area (Å²) in [7, 11) is 0. The van der Waals surface area contributed by atoms with Crippen LogP contribution < -0.4 is 16.4 Å². The number of rotatable bonds is 6. The van der Waals surface area contributed by atoms with Crippen molar-refractivity contribution in [2.45, 2.75) is 19.8 Å². The van der Waals surface area contributed by atoms with Crippen LogP contribution in [0.25, 0.3) is 11.4 Å². The van der Waals surface area contributed by atoms with Crippen molar-refractivity contribution in [3.8, 4) is 11.4 Å². The number of hydrogen-bond acceptors (Lipinski definition) is 4. The highest BCUT2D eigenvalue weighted by atomic mass is 35.5. The van der Waals surface area contributed by atoms with Gasteiger partial charge >= 0.3 is 0 Å². The second-order valence-electron chi connectivity index (χ2n) is 6.15. The van der Waals surface area contributed by atoms with E-state index in [1.165, 1.54) is 0 Å². The number of aryl methyl sites for hydroxylation is 1. The lowest BCUT2D eigenvalue weighted by Crippen LogP contribution is -2.30. The minimum Gasteiger partial charge on any atom is -0.306 e. The van der Waals surface area contributed by atoms with Crippen LogP contribution in [0.1, 0.15) is 17.7 Å². The summed E-state index contributed by atoms with van der Waals surface area (Å²) in [5.41, 5.74) is 7.62. The van der Waals surface area contributed by atoms with Gasteiger partial charge in [-0.3, -0.25) is 20.4 Å². The molecule has 6 nitrogen and oxygen atoms in total. The lowest BCUT2D eigenvalue weighted by atomic mass is 10.1. The van der Waals surface area contributed by atoms with Gasteiger partial charge in [-0.25, -0.2) is 4.98 Å². The van der Waals surface area contributed by atoms with E-state index in [1.54, 1.807) is 25.1 Å². The van der Waals surface area contributed by atoms with Gasteiger partial charge in [0.2, 0.25) is 5.91 Å². The van der Waals surface area contributed by atoms with Gasteiger partial charge in [0.1, 0.15) is 5.82 Å². The Morgan fingerprint density at radius 1 is 1.11 bits per heavy atom. The van der Waals surface area contributed by atoms with E-state index in [0.29, 0.717) is 32.8 Å². The molecule has 0 aliphatic rings. The van der Waals surface area contributed by atoms with Crippen LogP contribution in [0.3, 0.4) is 0 Å². The quantitative estimate of drug-likeness (QED) is 0.527. The molecule has 1 amide bonds. The molecule has 0 aliphatic heterocycles. The van der Waals surface area contributed by atoms with Gasteiger partial charge in [-0.05, 0) is 31.5 Å². The third-order valence-electron chi connectivity index (χ3n) is 4.14. The number of hydrogen-bond donors (Lipinski definition) is 3. The van der Waals surface area contributed by atoms with Crippen molar-refractivity contribution in [1.82, 2.24) is 15.4 Å². The number of halogens is 2. The lowest BCUT2D eigenvalue weighted by Gasteiger charge is -2.10. The summed E-state index contributed by atoms with van der Waals surface area (Å²) >= 11 is 11.8. The zero-order valence-electron chi connectivity index (χ0n) is 15.1. The zero-order valence-corrected chi connectivity index (χ0v) is 16.6. The van der Waals surface area contributed by atoms with Crippen LogP contribution in [-0.2, 0) is 11.2 Å². The maximum atomic E-state index is 12.4. The van der Waals surface area contributed by atoms with E-state index >= 15 is 0 Å². The van der Waals surface area contributed by atoms with E-state index in [2.05, 4.69) is 20.8 Å². The number of benzene rings is 2. The SMILES string of the molecule is Cc1nc(-c2ccccc2)[nH]c(=O)c1CCC(=O)NNc1ccc(Cl)c(Cl)c1. The second kappa shape index (κ2) is 8.91. The van der Waals surface area contributed by atoms with Crippen molar-refractivity contribution < 1.29 is 4.79 Å². The first-order valence-corrected chi connectivity index (χ1v) is 9.35. The van der Waals surface area contributed by atoms with E-state index in [4.69, 9.17) is 23.2 Å². The van der Waals surface area contributed by atoms with Gasteiger partial charge in [0.25, 0.3) is 5.56 Å². The van der Waals surface area contributed by atoms with Crippen LogP contribution >= 0.6 is 23.2 Å². The minimum absolute atomic E-state index is 0.130. The Morgan fingerprint density at radius 3 is 2.54 bits per heavy atom. The first kappa shape index (κ1) is 19.9. The first-order chi connectivity index (χ1) is 13.4. The molecule has 1 heterocycles. The molecular weight excluding hydrogens is 399 g/mol. The highest BCUT2D eigenvalue weighted by Crippen LogP contribution is 2.24. The third kappa shape index (κ3) is 4.91. The number of carbonyl (C=O) groups excluding carboxylic acids is 1. The van der Waals surface area contributed by atoms with E-state index in [0.717, 1.165) is 5.56 Å². The van der Waals surface area contributed by atoms with Crippen molar-refractivity contribution in [1.29, 1.82) is 0 Å². The number of aromatic amines is 1. The Kier molecular flexibility index (Phi) is 6.34. The Hall–Kier alpha value is -2.83. The fraction of sp³-hybridized carbons (Fsp3) is 0.150. The maximum absolute atomic E-state index is 12.4. The minimum atomic E-state index is -0.267. The smallest absolute Gasteiger partial charge is 0.254 e. The highest BCUT2D eigenvalue weighted by molar-refractivity contribution is 6.42. The molecule has 1 aromatic heterocycles. The van der Waals surface area contributed by atoms with Crippen molar-refractivity contribution in [3.63, 3.8) is 0 Å². The van der Waals surface area contributed by atoms with Gasteiger partial charge < -0.3 is 4.98 Å². The summed E-state index contributed by atoms with van der Waals surface area (Å²) < 4.78 is 0. The number of carbonyl (C=O) groups is 1. The van der Waals surface area contributed by atoms with Crippen LogP contribution in [0.5, 0.6) is 0 Å². The molecule has 0 radical (unpaired) electrons. The number of hydrazine groups is 1. The summed E-state index contributed by atoms with van der Waals surface area (Å²) in [4.78, 5) is 31.8. The van der Waals surface area contributed by atoms with E-state index in [-0.39, 0.29) is 24.3 Å². The largest absolute Gasteiger partial charge is 0.306 e. The van der Waals surface area contributed by atoms with Gasteiger partial charge in [-0.2, -0.15) is 0 Å². The number of H-pyrrole nitrogens is 1. The Balaban J connectivity index is 1.61. The second-order valence-corrected chi connectivity index (χ2v) is 6.96.